The van der Waals surface area contributed by atoms with Gasteiger partial charge in [0.25, 0.3) is 0 Å². The lowest BCUT2D eigenvalue weighted by atomic mass is 10.1. The normalized spacial score (nSPS) is 12.3. The molecule has 0 saturated heterocycles. The third-order valence-corrected chi connectivity index (χ3v) is 3.22. The quantitative estimate of drug-likeness (QED) is 0.448. The van der Waals surface area contributed by atoms with E-state index in [4.69, 9.17) is 14.8 Å². The molecule has 10 nitrogen and oxygen atoms in total. The second-order valence-corrected chi connectivity index (χ2v) is 6.12. The van der Waals surface area contributed by atoms with Crippen molar-refractivity contribution in [3.8, 4) is 17.2 Å². The minimum Gasteiger partial charge on any atom is -0.507 e. The van der Waals surface area contributed by atoms with Gasteiger partial charge < -0.3 is 19.2 Å². The molecule has 2 aromatic carbocycles. The van der Waals surface area contributed by atoms with Crippen LogP contribution in [0.5, 0.6) is 17.2 Å². The van der Waals surface area contributed by atoms with Gasteiger partial charge in [-0.1, -0.05) is 0 Å². The summed E-state index contributed by atoms with van der Waals surface area (Å²) in [5.74, 6) is -1.32. The molecule has 0 aromatic heterocycles. The predicted molar refractivity (Wildman–Crippen MR) is 74.4 cm³/mol. The molecular formula is C10H9NO9S2. The van der Waals surface area contributed by atoms with Gasteiger partial charge in [0, 0.05) is 11.5 Å². The fraction of sp³-hybridized carbons (Fsp3) is 0. The van der Waals surface area contributed by atoms with Crippen LogP contribution in [-0.2, 0) is 20.8 Å². The molecular weight excluding hydrogens is 342 g/mol. The minimum absolute atomic E-state index is 0.0755. The van der Waals surface area contributed by atoms with Crippen molar-refractivity contribution < 1.29 is 39.4 Å². The monoisotopic (exact) mass is 351 g/mol. The Bertz CT molecular complexity index is 950. The first-order chi connectivity index (χ1) is 9.94. The van der Waals surface area contributed by atoms with Crippen molar-refractivity contribution in [1.82, 2.24) is 0 Å². The molecule has 0 aliphatic carbocycles. The summed E-state index contributed by atoms with van der Waals surface area (Å²) in [7, 11) is -9.64. The second kappa shape index (κ2) is 5.17. The zero-order valence-corrected chi connectivity index (χ0v) is 12.1. The maximum Gasteiger partial charge on any atom is 0.446 e. The smallest absolute Gasteiger partial charge is 0.446 e. The van der Waals surface area contributed by atoms with Crippen molar-refractivity contribution in [2.24, 2.45) is 0 Å². The van der Waals surface area contributed by atoms with Gasteiger partial charge in [-0.15, -0.1) is 0 Å². The summed E-state index contributed by atoms with van der Waals surface area (Å²) >= 11 is 0. The van der Waals surface area contributed by atoms with Crippen molar-refractivity contribution in [1.29, 1.82) is 0 Å². The van der Waals surface area contributed by atoms with E-state index in [-0.39, 0.29) is 16.5 Å². The molecule has 22 heavy (non-hydrogen) atoms. The fourth-order valence-corrected chi connectivity index (χ4v) is 2.43. The highest BCUT2D eigenvalue weighted by atomic mass is 32.3. The molecule has 2 rings (SSSR count). The first-order valence-corrected chi connectivity index (χ1v) is 8.08. The van der Waals surface area contributed by atoms with Gasteiger partial charge in [0.15, 0.2) is 5.75 Å². The fourth-order valence-electron chi connectivity index (χ4n) is 1.72. The lowest BCUT2D eigenvalue weighted by molar-refractivity contribution is 0.384. The Morgan fingerprint density at radius 2 is 1.50 bits per heavy atom. The average Bonchev–Trinajstić information content (AvgIpc) is 2.27. The molecule has 0 radical (unpaired) electrons. The van der Waals surface area contributed by atoms with Crippen LogP contribution in [0.15, 0.2) is 24.3 Å². The van der Waals surface area contributed by atoms with Crippen LogP contribution in [0.2, 0.25) is 0 Å². The molecule has 0 heterocycles. The van der Waals surface area contributed by atoms with Gasteiger partial charge in [0.1, 0.15) is 11.5 Å². The van der Waals surface area contributed by atoms with Gasteiger partial charge in [-0.05, 0) is 23.6 Å². The SMILES string of the molecule is Nc1cc2c(O)cc(OS(=O)(=O)O)cc2cc1OS(=O)(=O)O. The van der Waals surface area contributed by atoms with Gasteiger partial charge >= 0.3 is 20.8 Å². The lowest BCUT2D eigenvalue weighted by Gasteiger charge is -2.10. The topological polar surface area (TPSA) is 173 Å². The molecule has 0 aliphatic rings. The number of aromatic hydroxyl groups is 1. The van der Waals surface area contributed by atoms with Gasteiger partial charge in [-0.25, -0.2) is 0 Å². The van der Waals surface area contributed by atoms with Gasteiger partial charge in [0.2, 0.25) is 0 Å². The van der Waals surface area contributed by atoms with Crippen LogP contribution in [0, 0.1) is 0 Å². The predicted octanol–water partition coefficient (Wildman–Crippen LogP) is 0.491. The zero-order chi connectivity index (χ0) is 16.7. The molecule has 0 amide bonds. The van der Waals surface area contributed by atoms with Crippen molar-refractivity contribution in [2.45, 2.75) is 0 Å². The van der Waals surface area contributed by atoms with E-state index in [1.165, 1.54) is 0 Å². The summed E-state index contributed by atoms with van der Waals surface area (Å²) in [5, 5.41) is 9.98. The largest absolute Gasteiger partial charge is 0.507 e. The number of hydrogen-bond donors (Lipinski definition) is 4. The van der Waals surface area contributed by atoms with Crippen LogP contribution in [0.3, 0.4) is 0 Å². The van der Waals surface area contributed by atoms with Crippen LogP contribution >= 0.6 is 0 Å². The van der Waals surface area contributed by atoms with E-state index < -0.39 is 38.0 Å². The van der Waals surface area contributed by atoms with E-state index in [2.05, 4.69) is 8.37 Å². The number of phenols is 1. The number of benzene rings is 2. The Morgan fingerprint density at radius 3 is 2.05 bits per heavy atom. The molecule has 0 bridgehead atoms. The standard InChI is InChI=1S/C10H9NO9S2/c11-8-4-7-5(2-10(8)20-22(16,17)18)1-6(3-9(7)12)19-21(13,14)15/h1-4,12H,11H2,(H,13,14,15)(H,16,17,18). The number of phenolic OH excluding ortho intramolecular Hbond substituents is 1. The van der Waals surface area contributed by atoms with Gasteiger partial charge in [-0.2, -0.15) is 16.8 Å². The molecule has 0 unspecified atom stereocenters. The number of hydrogen-bond acceptors (Lipinski definition) is 8. The third kappa shape index (κ3) is 3.88. The van der Waals surface area contributed by atoms with Crippen LogP contribution in [0.25, 0.3) is 10.8 Å². The van der Waals surface area contributed by atoms with Crippen LogP contribution in [0.1, 0.15) is 0 Å². The molecule has 0 atom stereocenters. The highest BCUT2D eigenvalue weighted by Gasteiger charge is 2.15. The van der Waals surface area contributed by atoms with Crippen molar-refractivity contribution >= 4 is 37.3 Å². The number of nitrogen functional groups attached to an aromatic ring is 1. The van der Waals surface area contributed by atoms with Gasteiger partial charge in [0.05, 0.1) is 5.69 Å². The summed E-state index contributed by atoms with van der Waals surface area (Å²) in [5.41, 5.74) is 5.32. The molecule has 0 spiro atoms. The maximum absolute atomic E-state index is 10.7. The van der Waals surface area contributed by atoms with Crippen molar-refractivity contribution in [3.05, 3.63) is 24.3 Å². The number of rotatable bonds is 4. The number of fused-ring (bicyclic) bond motifs is 1. The summed E-state index contributed by atoms with van der Waals surface area (Å²) in [6.07, 6.45) is 0. The molecule has 2 aromatic rings. The van der Waals surface area contributed by atoms with Crippen LogP contribution in [-0.4, -0.2) is 31.0 Å². The van der Waals surface area contributed by atoms with E-state index in [0.29, 0.717) is 0 Å². The third-order valence-electron chi connectivity index (χ3n) is 2.43. The Kier molecular flexibility index (Phi) is 3.78. The Morgan fingerprint density at radius 1 is 0.909 bits per heavy atom. The first-order valence-electron chi connectivity index (χ1n) is 5.35. The van der Waals surface area contributed by atoms with Gasteiger partial charge in [-0.3, -0.25) is 9.11 Å². The number of nitrogens with two attached hydrogens (primary N) is 1. The minimum atomic E-state index is -4.83. The lowest BCUT2D eigenvalue weighted by Crippen LogP contribution is -2.08. The number of anilines is 1. The molecule has 0 aliphatic heterocycles. The first kappa shape index (κ1) is 16.1. The summed E-state index contributed by atoms with van der Waals surface area (Å²) < 4.78 is 68.4. The van der Waals surface area contributed by atoms with E-state index >= 15 is 0 Å². The Labute approximate surface area is 124 Å². The van der Waals surface area contributed by atoms with Crippen molar-refractivity contribution in [3.63, 3.8) is 0 Å². The van der Waals surface area contributed by atoms with Crippen molar-refractivity contribution in [2.75, 3.05) is 5.73 Å². The molecule has 5 N–H and O–H groups in total. The van der Waals surface area contributed by atoms with E-state index in [0.717, 1.165) is 24.3 Å². The summed E-state index contributed by atoms with van der Waals surface area (Å²) in [6.45, 7) is 0. The Balaban J connectivity index is 2.63. The molecule has 12 heteroatoms. The molecule has 120 valence electrons. The Hall–Kier alpha value is -2.28. The van der Waals surface area contributed by atoms with E-state index in [9.17, 15) is 21.9 Å². The molecule has 0 fully saturated rings. The van der Waals surface area contributed by atoms with Crippen LogP contribution in [0.4, 0.5) is 5.69 Å². The average molecular weight is 351 g/mol. The zero-order valence-electron chi connectivity index (χ0n) is 10.5. The highest BCUT2D eigenvalue weighted by molar-refractivity contribution is 7.81. The summed E-state index contributed by atoms with van der Waals surface area (Å²) in [6, 6.07) is 4.13. The van der Waals surface area contributed by atoms with E-state index in [1.54, 1.807) is 0 Å². The van der Waals surface area contributed by atoms with Crippen LogP contribution < -0.4 is 14.1 Å². The van der Waals surface area contributed by atoms with E-state index in [1.807, 2.05) is 0 Å². The highest BCUT2D eigenvalue weighted by Crippen LogP contribution is 2.36. The maximum atomic E-state index is 10.7. The molecule has 0 saturated carbocycles. The second-order valence-electron chi connectivity index (χ2n) is 4.08. The summed E-state index contributed by atoms with van der Waals surface area (Å²) in [4.78, 5) is 0.